The zero-order chi connectivity index (χ0) is 23.3. The van der Waals surface area contributed by atoms with E-state index in [9.17, 15) is 4.79 Å². The number of aromatic nitrogens is 2. The first kappa shape index (κ1) is 23.2. The van der Waals surface area contributed by atoms with Crippen LogP contribution in [0.4, 0.5) is 0 Å². The Morgan fingerprint density at radius 2 is 1.53 bits per heavy atom. The highest BCUT2D eigenvalue weighted by Crippen LogP contribution is 2.31. The maximum atomic E-state index is 13.9. The quantitative estimate of drug-likeness (QED) is 0.376. The molecule has 0 radical (unpaired) electrons. The number of hydrogen-bond donors (Lipinski definition) is 0. The molecule has 1 amide bonds. The Morgan fingerprint density at radius 3 is 2.21 bits per heavy atom. The number of hydrogen-bond acceptors (Lipinski definition) is 3. The maximum Gasteiger partial charge on any atom is 0.243 e. The Labute approximate surface area is 207 Å². The third-order valence-electron chi connectivity index (χ3n) is 7.44. The van der Waals surface area contributed by atoms with Crippen LogP contribution < -0.4 is 4.74 Å². The Morgan fingerprint density at radius 1 is 0.912 bits per heavy atom. The molecule has 5 nitrogen and oxygen atoms in total. The number of rotatable bonds is 7. The highest BCUT2D eigenvalue weighted by atomic mass is 35.5. The largest absolute Gasteiger partial charge is 0.484 e. The van der Waals surface area contributed by atoms with Crippen LogP contribution in [0.3, 0.4) is 0 Å². The molecule has 2 aliphatic rings. The van der Waals surface area contributed by atoms with E-state index < -0.39 is 0 Å². The Hall–Kier alpha value is -2.53. The molecule has 0 bridgehead atoms. The third-order valence-corrected chi connectivity index (χ3v) is 7.76. The van der Waals surface area contributed by atoms with Gasteiger partial charge in [-0.1, -0.05) is 74.4 Å². The van der Waals surface area contributed by atoms with E-state index in [4.69, 9.17) is 21.3 Å². The van der Waals surface area contributed by atoms with Crippen molar-refractivity contribution in [3.63, 3.8) is 0 Å². The molecule has 2 aromatic carbocycles. The summed E-state index contributed by atoms with van der Waals surface area (Å²) in [5.74, 6) is 1.60. The minimum atomic E-state index is 0.223. The normalized spacial score (nSPS) is 17.7. The molecule has 5 rings (SSSR count). The second-order valence-corrected chi connectivity index (χ2v) is 10.1. The second kappa shape index (κ2) is 10.8. The van der Waals surface area contributed by atoms with Gasteiger partial charge in [0.25, 0.3) is 0 Å². The maximum absolute atomic E-state index is 13.9. The van der Waals surface area contributed by atoms with Gasteiger partial charge in [0, 0.05) is 12.1 Å². The van der Waals surface area contributed by atoms with Crippen molar-refractivity contribution in [3.05, 3.63) is 59.4 Å². The predicted octanol–water partition coefficient (Wildman–Crippen LogP) is 6.76. The van der Waals surface area contributed by atoms with Gasteiger partial charge in [0.05, 0.1) is 16.1 Å². The van der Waals surface area contributed by atoms with Crippen LogP contribution in [0.15, 0.2) is 48.5 Å². The summed E-state index contributed by atoms with van der Waals surface area (Å²) in [5.41, 5.74) is 1.86. The Balaban J connectivity index is 1.42. The van der Waals surface area contributed by atoms with Gasteiger partial charge in [-0.3, -0.25) is 4.79 Å². The zero-order valence-electron chi connectivity index (χ0n) is 19.8. The third kappa shape index (κ3) is 5.10. The van der Waals surface area contributed by atoms with Crippen LogP contribution in [0.5, 0.6) is 5.75 Å². The molecule has 1 aromatic heterocycles. The molecule has 0 atom stereocenters. The van der Waals surface area contributed by atoms with Crippen LogP contribution in [-0.2, 0) is 17.9 Å². The van der Waals surface area contributed by atoms with E-state index in [0.29, 0.717) is 29.4 Å². The monoisotopic (exact) mass is 479 g/mol. The molecule has 34 heavy (non-hydrogen) atoms. The first-order chi connectivity index (χ1) is 16.7. The van der Waals surface area contributed by atoms with Gasteiger partial charge in [-0.05, 0) is 49.9 Å². The number of ether oxygens (including phenoxy) is 1. The molecule has 3 aromatic rings. The number of nitrogens with zero attached hydrogens (tertiary/aromatic N) is 3. The molecular weight excluding hydrogens is 446 g/mol. The van der Waals surface area contributed by atoms with Gasteiger partial charge in [0.1, 0.15) is 24.7 Å². The predicted molar refractivity (Wildman–Crippen MR) is 136 cm³/mol. The van der Waals surface area contributed by atoms with Crippen LogP contribution in [0.25, 0.3) is 11.0 Å². The minimum Gasteiger partial charge on any atom is -0.484 e. The van der Waals surface area contributed by atoms with Gasteiger partial charge < -0.3 is 14.2 Å². The number of imidazole rings is 1. The summed E-state index contributed by atoms with van der Waals surface area (Å²) >= 11 is 6.29. The van der Waals surface area contributed by atoms with Crippen molar-refractivity contribution in [2.75, 3.05) is 0 Å². The highest BCUT2D eigenvalue weighted by Gasteiger charge is 2.33. The topological polar surface area (TPSA) is 47.4 Å². The van der Waals surface area contributed by atoms with Crippen molar-refractivity contribution in [1.82, 2.24) is 14.5 Å². The van der Waals surface area contributed by atoms with Gasteiger partial charge in [-0.25, -0.2) is 4.98 Å². The van der Waals surface area contributed by atoms with Gasteiger partial charge >= 0.3 is 0 Å². The van der Waals surface area contributed by atoms with Crippen LogP contribution in [-0.4, -0.2) is 32.4 Å². The molecule has 2 saturated carbocycles. The summed E-state index contributed by atoms with van der Waals surface area (Å²) in [6.07, 6.45) is 12.0. The zero-order valence-corrected chi connectivity index (χ0v) is 20.6. The lowest BCUT2D eigenvalue weighted by atomic mass is 9.88. The van der Waals surface area contributed by atoms with Gasteiger partial charge in [-0.2, -0.15) is 0 Å². The lowest BCUT2D eigenvalue weighted by Crippen LogP contribution is -2.50. The first-order valence-corrected chi connectivity index (χ1v) is 13.2. The molecule has 2 aliphatic carbocycles. The summed E-state index contributed by atoms with van der Waals surface area (Å²) in [5, 5.41) is 0.571. The molecular formula is C28H34ClN3O2. The second-order valence-electron chi connectivity index (χ2n) is 9.71. The van der Waals surface area contributed by atoms with Gasteiger partial charge in [0.2, 0.25) is 5.91 Å². The summed E-state index contributed by atoms with van der Waals surface area (Å²) in [6, 6.07) is 16.2. The van der Waals surface area contributed by atoms with Crippen LogP contribution >= 0.6 is 11.6 Å². The van der Waals surface area contributed by atoms with E-state index in [-0.39, 0.29) is 12.5 Å². The Bertz CT molecular complexity index is 1100. The lowest BCUT2D eigenvalue weighted by molar-refractivity contribution is -0.138. The van der Waals surface area contributed by atoms with Gasteiger partial charge in [0.15, 0.2) is 0 Å². The highest BCUT2D eigenvalue weighted by molar-refractivity contribution is 6.32. The fourth-order valence-corrected chi connectivity index (χ4v) is 5.95. The molecule has 0 spiro atoms. The van der Waals surface area contributed by atoms with E-state index >= 15 is 0 Å². The molecule has 2 fully saturated rings. The number of carbonyl (C=O) groups excluding carboxylic acids is 1. The molecule has 0 unspecified atom stereocenters. The van der Waals surface area contributed by atoms with Crippen molar-refractivity contribution in [2.45, 2.75) is 89.4 Å². The van der Waals surface area contributed by atoms with E-state index in [2.05, 4.69) is 4.90 Å². The average Bonchev–Trinajstić information content (AvgIpc) is 3.22. The number of fused-ring (bicyclic) bond motifs is 1. The van der Waals surface area contributed by atoms with Crippen LogP contribution in [0, 0.1) is 0 Å². The van der Waals surface area contributed by atoms with E-state index in [0.717, 1.165) is 42.5 Å². The molecule has 1 heterocycles. The lowest BCUT2D eigenvalue weighted by Gasteiger charge is -2.42. The van der Waals surface area contributed by atoms with Crippen LogP contribution in [0.1, 0.15) is 70.0 Å². The number of carbonyl (C=O) groups is 1. The summed E-state index contributed by atoms with van der Waals surface area (Å²) < 4.78 is 8.08. The smallest absolute Gasteiger partial charge is 0.243 e. The summed E-state index contributed by atoms with van der Waals surface area (Å²) in [6.45, 7) is 0.563. The van der Waals surface area contributed by atoms with Crippen molar-refractivity contribution < 1.29 is 9.53 Å². The Kier molecular flexibility index (Phi) is 7.39. The van der Waals surface area contributed by atoms with Crippen LogP contribution in [0.2, 0.25) is 5.02 Å². The van der Waals surface area contributed by atoms with E-state index in [1.165, 1.54) is 38.5 Å². The SMILES string of the molecule is O=C(Cn1c(COc2ccccc2Cl)nc2ccccc21)N(C1CCCCC1)C1CCCCC1. The van der Waals surface area contributed by atoms with Crippen molar-refractivity contribution >= 4 is 28.5 Å². The molecule has 0 N–H and O–H groups in total. The van der Waals surface area contributed by atoms with E-state index in [1.807, 2.05) is 53.1 Å². The summed E-state index contributed by atoms with van der Waals surface area (Å²) in [4.78, 5) is 21.1. The van der Waals surface area contributed by atoms with Crippen molar-refractivity contribution in [3.8, 4) is 5.75 Å². The number of para-hydroxylation sites is 3. The molecule has 0 aliphatic heterocycles. The number of halogens is 1. The molecule has 180 valence electrons. The molecule has 0 saturated heterocycles. The number of amides is 1. The van der Waals surface area contributed by atoms with Gasteiger partial charge in [-0.15, -0.1) is 0 Å². The van der Waals surface area contributed by atoms with Crippen molar-refractivity contribution in [1.29, 1.82) is 0 Å². The standard InChI is InChI=1S/C28H34ClN3O2/c29-23-15-7-10-18-26(23)34-20-27-30-24-16-8-9-17-25(24)31(27)19-28(33)32(21-11-3-1-4-12-21)22-13-5-2-6-14-22/h7-10,15-18,21-22H,1-6,11-14,19-20H2. The summed E-state index contributed by atoms with van der Waals surface area (Å²) in [7, 11) is 0. The van der Waals surface area contributed by atoms with Crippen molar-refractivity contribution in [2.24, 2.45) is 0 Å². The average molecular weight is 480 g/mol. The minimum absolute atomic E-state index is 0.223. The fourth-order valence-electron chi connectivity index (χ4n) is 5.76. The molecule has 6 heteroatoms. The first-order valence-electron chi connectivity index (χ1n) is 12.8. The fraction of sp³-hybridized carbons (Fsp3) is 0.500. The van der Waals surface area contributed by atoms with E-state index in [1.54, 1.807) is 0 Å². The number of benzene rings is 2.